The van der Waals surface area contributed by atoms with Crippen molar-refractivity contribution in [2.24, 2.45) is 5.10 Å². The fourth-order valence-electron chi connectivity index (χ4n) is 1.99. The van der Waals surface area contributed by atoms with E-state index in [9.17, 15) is 9.59 Å². The highest BCUT2D eigenvalue weighted by molar-refractivity contribution is 7.12. The van der Waals surface area contributed by atoms with E-state index in [1.165, 1.54) is 27.6 Å². The first-order valence-electron chi connectivity index (χ1n) is 6.01. The number of thiophene rings is 1. The molecule has 2 aromatic rings. The Kier molecular flexibility index (Phi) is 3.30. The Morgan fingerprint density at radius 3 is 2.65 bits per heavy atom. The molecule has 0 bridgehead atoms. The average molecular weight is 285 g/mol. The molecule has 3 rings (SSSR count). The lowest BCUT2D eigenvalue weighted by Crippen LogP contribution is -2.44. The van der Waals surface area contributed by atoms with Crippen LogP contribution in [0.1, 0.15) is 9.67 Å². The number of hydrogen-bond acceptors (Lipinski definition) is 5. The van der Waals surface area contributed by atoms with Gasteiger partial charge in [0.1, 0.15) is 6.34 Å². The number of amides is 1. The number of carbonyl (C=O) groups is 2. The number of hydrazone groups is 1. The topological polar surface area (TPSA) is 53.0 Å². The van der Waals surface area contributed by atoms with Crippen molar-refractivity contribution in [1.82, 2.24) is 4.90 Å². The largest absolute Gasteiger partial charge is 0.299 e. The van der Waals surface area contributed by atoms with E-state index in [4.69, 9.17) is 0 Å². The monoisotopic (exact) mass is 285 g/mol. The molecule has 0 saturated heterocycles. The van der Waals surface area contributed by atoms with Crippen LogP contribution in [0.4, 0.5) is 5.69 Å². The normalized spacial score (nSPS) is 17.5. The van der Waals surface area contributed by atoms with Gasteiger partial charge in [-0.05, 0) is 23.6 Å². The van der Waals surface area contributed by atoms with Crippen molar-refractivity contribution < 1.29 is 9.59 Å². The summed E-state index contributed by atoms with van der Waals surface area (Å²) < 4.78 is 0. The Hall–Kier alpha value is -2.47. The van der Waals surface area contributed by atoms with Crippen molar-refractivity contribution in [3.8, 4) is 0 Å². The van der Waals surface area contributed by atoms with Crippen molar-refractivity contribution in [2.75, 3.05) is 5.01 Å². The van der Waals surface area contributed by atoms with Gasteiger partial charge in [-0.1, -0.05) is 24.3 Å². The van der Waals surface area contributed by atoms with Crippen LogP contribution >= 0.6 is 11.3 Å². The minimum absolute atomic E-state index is 0.223. The van der Waals surface area contributed by atoms with E-state index in [-0.39, 0.29) is 5.91 Å². The average Bonchev–Trinajstić information content (AvgIpc) is 3.16. The highest BCUT2D eigenvalue weighted by Crippen LogP contribution is 2.23. The summed E-state index contributed by atoms with van der Waals surface area (Å²) in [6.45, 7) is 0. The number of hydrogen-bond donors (Lipinski definition) is 0. The number of aldehydes is 1. The third-order valence-corrected chi connectivity index (χ3v) is 3.80. The zero-order valence-corrected chi connectivity index (χ0v) is 11.2. The molecule has 1 aromatic heterocycles. The predicted molar refractivity (Wildman–Crippen MR) is 77.8 cm³/mol. The Balaban J connectivity index is 1.88. The van der Waals surface area contributed by atoms with E-state index >= 15 is 0 Å². The van der Waals surface area contributed by atoms with Crippen LogP contribution in [0.3, 0.4) is 0 Å². The molecular weight excluding hydrogens is 274 g/mol. The van der Waals surface area contributed by atoms with Gasteiger partial charge in [0.2, 0.25) is 0 Å². The van der Waals surface area contributed by atoms with Crippen LogP contribution in [-0.4, -0.2) is 29.6 Å². The van der Waals surface area contributed by atoms with E-state index in [1.807, 2.05) is 35.7 Å². The molecule has 1 aliphatic rings. The van der Waals surface area contributed by atoms with Gasteiger partial charge in [0.25, 0.3) is 5.91 Å². The molecule has 0 radical (unpaired) electrons. The number of nitrogens with zero attached hydrogens (tertiary/aromatic N) is 3. The van der Waals surface area contributed by atoms with Crippen LogP contribution in [0.15, 0.2) is 52.9 Å². The number of rotatable bonds is 3. The quantitative estimate of drug-likeness (QED) is 0.812. The van der Waals surface area contributed by atoms with E-state index in [1.54, 1.807) is 12.1 Å². The van der Waals surface area contributed by atoms with Gasteiger partial charge in [-0.2, -0.15) is 5.10 Å². The number of benzene rings is 1. The predicted octanol–water partition coefficient (Wildman–Crippen LogP) is 2.18. The van der Waals surface area contributed by atoms with Gasteiger partial charge < -0.3 is 0 Å². The molecule has 0 fully saturated rings. The second kappa shape index (κ2) is 5.26. The van der Waals surface area contributed by atoms with Gasteiger partial charge in [-0.3, -0.25) is 14.5 Å². The molecular formula is C14H11N3O2S. The second-order valence-electron chi connectivity index (χ2n) is 4.15. The number of anilines is 1. The lowest BCUT2D eigenvalue weighted by atomic mass is 10.3. The lowest BCUT2D eigenvalue weighted by Gasteiger charge is -2.24. The molecule has 0 N–H and O–H groups in total. The summed E-state index contributed by atoms with van der Waals surface area (Å²) in [6.07, 6.45) is 1.37. The van der Waals surface area contributed by atoms with Gasteiger partial charge in [-0.15, -0.1) is 11.3 Å². The first-order chi connectivity index (χ1) is 9.81. The molecule has 0 spiro atoms. The maximum Gasteiger partial charge on any atom is 0.271 e. The Morgan fingerprint density at radius 1 is 1.20 bits per heavy atom. The maximum absolute atomic E-state index is 12.3. The smallest absolute Gasteiger partial charge is 0.271 e. The highest BCUT2D eigenvalue weighted by Gasteiger charge is 2.33. The van der Waals surface area contributed by atoms with Gasteiger partial charge >= 0.3 is 0 Å². The van der Waals surface area contributed by atoms with Crippen LogP contribution in [0, 0.1) is 0 Å². The first-order valence-corrected chi connectivity index (χ1v) is 6.89. The maximum atomic E-state index is 12.3. The summed E-state index contributed by atoms with van der Waals surface area (Å²) in [5, 5.41) is 7.51. The molecule has 1 unspecified atom stereocenters. The molecule has 5 nitrogen and oxygen atoms in total. The van der Waals surface area contributed by atoms with Crippen LogP contribution in [0.25, 0.3) is 0 Å². The van der Waals surface area contributed by atoms with Gasteiger partial charge in [0.15, 0.2) is 12.5 Å². The highest BCUT2D eigenvalue weighted by atomic mass is 32.1. The van der Waals surface area contributed by atoms with Crippen LogP contribution in [0.2, 0.25) is 0 Å². The molecule has 1 aromatic carbocycles. The van der Waals surface area contributed by atoms with E-state index in [0.29, 0.717) is 11.2 Å². The zero-order chi connectivity index (χ0) is 13.9. The third-order valence-electron chi connectivity index (χ3n) is 2.94. The van der Waals surface area contributed by atoms with E-state index in [2.05, 4.69) is 5.10 Å². The minimum atomic E-state index is -0.744. The summed E-state index contributed by atoms with van der Waals surface area (Å²) in [7, 11) is 0. The van der Waals surface area contributed by atoms with Gasteiger partial charge in [0, 0.05) is 0 Å². The summed E-state index contributed by atoms with van der Waals surface area (Å²) in [6, 6.07) is 12.8. The second-order valence-corrected chi connectivity index (χ2v) is 5.10. The first kappa shape index (κ1) is 12.6. The SMILES string of the molecule is O=CC1N(C(=O)c2cccs2)C=NN1c1ccccc1. The zero-order valence-electron chi connectivity index (χ0n) is 10.4. The lowest BCUT2D eigenvalue weighted by molar-refractivity contribution is -0.110. The Morgan fingerprint density at radius 2 is 2.00 bits per heavy atom. The Bertz CT molecular complexity index is 640. The van der Waals surface area contributed by atoms with Crippen molar-refractivity contribution in [1.29, 1.82) is 0 Å². The molecule has 0 aliphatic carbocycles. The molecule has 1 atom stereocenters. The summed E-state index contributed by atoms with van der Waals surface area (Å²) >= 11 is 1.34. The number of carbonyl (C=O) groups excluding carboxylic acids is 2. The third kappa shape index (κ3) is 2.10. The van der Waals surface area contributed by atoms with Crippen molar-refractivity contribution in [2.45, 2.75) is 6.17 Å². The van der Waals surface area contributed by atoms with Crippen molar-refractivity contribution >= 4 is 35.6 Å². The van der Waals surface area contributed by atoms with E-state index < -0.39 is 6.17 Å². The summed E-state index contributed by atoms with van der Waals surface area (Å²) in [5.41, 5.74) is 0.766. The molecule has 100 valence electrons. The van der Waals surface area contributed by atoms with Crippen molar-refractivity contribution in [3.63, 3.8) is 0 Å². The summed E-state index contributed by atoms with van der Waals surface area (Å²) in [5.74, 6) is -0.223. The standard InChI is InChI=1S/C14H11N3O2S/c18-9-13-16(14(19)12-7-4-8-20-12)10-15-17(13)11-5-2-1-3-6-11/h1-10,13H. The van der Waals surface area contributed by atoms with Crippen LogP contribution in [0.5, 0.6) is 0 Å². The molecule has 6 heteroatoms. The van der Waals surface area contributed by atoms with E-state index in [0.717, 1.165) is 5.69 Å². The summed E-state index contributed by atoms with van der Waals surface area (Å²) in [4.78, 5) is 25.6. The fourth-order valence-corrected chi connectivity index (χ4v) is 2.66. The minimum Gasteiger partial charge on any atom is -0.299 e. The molecule has 2 heterocycles. The molecule has 20 heavy (non-hydrogen) atoms. The molecule has 1 aliphatic heterocycles. The van der Waals surface area contributed by atoms with Gasteiger partial charge in [0.05, 0.1) is 10.6 Å². The van der Waals surface area contributed by atoms with Gasteiger partial charge in [-0.25, -0.2) is 5.01 Å². The van der Waals surface area contributed by atoms with Crippen molar-refractivity contribution in [3.05, 3.63) is 52.7 Å². The van der Waals surface area contributed by atoms with Crippen LogP contribution in [-0.2, 0) is 4.79 Å². The fraction of sp³-hybridized carbons (Fsp3) is 0.0714. The Labute approximate surface area is 119 Å². The molecule has 0 saturated carbocycles. The molecule has 1 amide bonds. The number of para-hydroxylation sites is 1. The van der Waals surface area contributed by atoms with Crippen LogP contribution < -0.4 is 5.01 Å².